The van der Waals surface area contributed by atoms with Crippen LogP contribution in [0, 0.1) is 28.6 Å². The molecule has 2 heterocycles. The predicted octanol–water partition coefficient (Wildman–Crippen LogP) is 14.6. The van der Waals surface area contributed by atoms with E-state index in [0.29, 0.717) is 40.3 Å². The highest BCUT2D eigenvalue weighted by Crippen LogP contribution is 2.46. The third-order valence-corrected chi connectivity index (χ3v) is 13.7. The molecule has 3 atom stereocenters. The smallest absolute Gasteiger partial charge is 0.161 e. The number of allylic oxidation sites excluding steroid dienone is 5. The highest BCUT2D eigenvalue weighted by molar-refractivity contribution is 6.11. The second-order valence-corrected chi connectivity index (χ2v) is 17.5. The fraction of sp³-hybridized carbons (Fsp3) is 0.0820. The molecule has 0 amide bonds. The Kier molecular flexibility index (Phi) is 9.67. The Morgan fingerprint density at radius 2 is 1.10 bits per heavy atom. The predicted molar refractivity (Wildman–Crippen MR) is 271 cm³/mol. The summed E-state index contributed by atoms with van der Waals surface area (Å²) in [7, 11) is 0. The minimum atomic E-state index is -0.172. The Bertz CT molecular complexity index is 3830. The van der Waals surface area contributed by atoms with Crippen LogP contribution in [0.4, 0.5) is 0 Å². The van der Waals surface area contributed by atoms with Gasteiger partial charge in [0.1, 0.15) is 0 Å². The lowest BCUT2D eigenvalue weighted by atomic mass is 9.72. The van der Waals surface area contributed by atoms with Crippen molar-refractivity contribution in [3.05, 3.63) is 227 Å². The minimum Gasteiger partial charge on any atom is -0.227 e. The van der Waals surface area contributed by atoms with E-state index in [1.807, 2.05) is 66.7 Å². The number of rotatable bonds is 5. The Hall–Kier alpha value is -8.84. The molecular formula is C61H40N6. The van der Waals surface area contributed by atoms with Gasteiger partial charge in [-0.1, -0.05) is 177 Å². The van der Waals surface area contributed by atoms with Crippen LogP contribution in [-0.4, -0.2) is 19.9 Å². The van der Waals surface area contributed by atoms with Crippen molar-refractivity contribution in [1.29, 1.82) is 10.5 Å². The van der Waals surface area contributed by atoms with Crippen molar-refractivity contribution in [3.8, 4) is 46.0 Å². The van der Waals surface area contributed by atoms with Crippen molar-refractivity contribution in [3.63, 3.8) is 0 Å². The quantitative estimate of drug-likeness (QED) is 0.160. The molecule has 0 aliphatic heterocycles. The van der Waals surface area contributed by atoms with Gasteiger partial charge in [0.15, 0.2) is 11.6 Å². The highest BCUT2D eigenvalue weighted by Gasteiger charge is 2.32. The molecule has 0 radical (unpaired) electrons. The average molecular weight is 857 g/mol. The number of nitrogens with zero attached hydrogens (tertiary/aromatic N) is 6. The van der Waals surface area contributed by atoms with E-state index in [9.17, 15) is 10.5 Å². The molecule has 2 aromatic heterocycles. The maximum absolute atomic E-state index is 11.1. The summed E-state index contributed by atoms with van der Waals surface area (Å²) in [5.41, 5.74) is 12.2. The lowest BCUT2D eigenvalue weighted by molar-refractivity contribution is 0.581. The molecule has 0 fully saturated rings. The van der Waals surface area contributed by atoms with Crippen molar-refractivity contribution in [2.45, 2.75) is 25.2 Å². The molecule has 12 rings (SSSR count). The van der Waals surface area contributed by atoms with Crippen molar-refractivity contribution in [1.82, 2.24) is 19.9 Å². The summed E-state index contributed by atoms with van der Waals surface area (Å²) in [6, 6.07) is 63.4. The number of nitriles is 2. The van der Waals surface area contributed by atoms with Gasteiger partial charge >= 0.3 is 0 Å². The third-order valence-electron chi connectivity index (χ3n) is 13.7. The molecular weight excluding hydrogens is 817 g/mol. The molecule has 0 saturated heterocycles. The third kappa shape index (κ3) is 6.78. The molecule has 314 valence electrons. The van der Waals surface area contributed by atoms with Gasteiger partial charge in [-0.05, 0) is 69.6 Å². The summed E-state index contributed by atoms with van der Waals surface area (Å²) in [5.74, 6) is 0.708. The first kappa shape index (κ1) is 39.7. The molecule has 0 spiro atoms. The van der Waals surface area contributed by atoms with E-state index in [0.717, 1.165) is 82.6 Å². The summed E-state index contributed by atoms with van der Waals surface area (Å²) in [5, 5.41) is 28.0. The molecule has 0 bridgehead atoms. The Morgan fingerprint density at radius 1 is 0.522 bits per heavy atom. The second kappa shape index (κ2) is 16.3. The zero-order chi connectivity index (χ0) is 45.0. The maximum Gasteiger partial charge on any atom is 0.161 e. The van der Waals surface area contributed by atoms with E-state index in [2.05, 4.69) is 146 Å². The lowest BCUT2D eigenvalue weighted by Crippen LogP contribution is -2.18. The van der Waals surface area contributed by atoms with Gasteiger partial charge < -0.3 is 0 Å². The molecule has 6 heteroatoms. The fourth-order valence-corrected chi connectivity index (χ4v) is 10.4. The highest BCUT2D eigenvalue weighted by atomic mass is 14.9. The van der Waals surface area contributed by atoms with Crippen LogP contribution in [0.5, 0.6) is 0 Å². The van der Waals surface area contributed by atoms with Crippen LogP contribution in [-0.2, 0) is 0 Å². The average Bonchev–Trinajstić information content (AvgIpc) is 3.40. The monoisotopic (exact) mass is 856 g/mol. The van der Waals surface area contributed by atoms with E-state index in [1.54, 1.807) is 0 Å². The van der Waals surface area contributed by atoms with Crippen LogP contribution in [0.15, 0.2) is 194 Å². The van der Waals surface area contributed by atoms with Gasteiger partial charge in [-0.25, -0.2) is 19.9 Å². The normalized spacial score (nSPS) is 16.6. The standard InChI is InChI=1S/C61H40N6/c1-37-46-21-11-8-14-38(46)26-29-47(43-24-25-44(35-62)53(32-43)60-64-56(41-17-4-2-5-18-41)50-30-27-39-15-9-12-22-48(39)58(50)66-60)55-33-45(36-63)54(34-52(37)55)61-65-57(42-19-6-3-7-20-42)51-31-28-40-16-10-13-23-49(40)59(51)67-61/h2-23,25-34,37,43,47H,24H2,1H3. The number of hydrogen-bond donors (Lipinski definition) is 0. The molecule has 10 aromatic rings. The first-order valence-electron chi connectivity index (χ1n) is 22.7. The van der Waals surface area contributed by atoms with E-state index >= 15 is 0 Å². The molecule has 0 saturated carbocycles. The molecule has 6 nitrogen and oxygen atoms in total. The van der Waals surface area contributed by atoms with Crippen LogP contribution in [0.2, 0.25) is 0 Å². The van der Waals surface area contributed by atoms with Crippen LogP contribution in [0.25, 0.3) is 88.9 Å². The minimum absolute atomic E-state index is 0.0391. The van der Waals surface area contributed by atoms with Gasteiger partial charge in [0.2, 0.25) is 0 Å². The lowest BCUT2D eigenvalue weighted by Gasteiger charge is -2.31. The Morgan fingerprint density at radius 3 is 1.75 bits per heavy atom. The van der Waals surface area contributed by atoms with Crippen molar-refractivity contribution in [2.75, 3.05) is 0 Å². The summed E-state index contributed by atoms with van der Waals surface area (Å²) < 4.78 is 0. The van der Waals surface area contributed by atoms with E-state index in [1.165, 1.54) is 5.56 Å². The van der Waals surface area contributed by atoms with E-state index in [4.69, 9.17) is 19.9 Å². The summed E-state index contributed by atoms with van der Waals surface area (Å²) >= 11 is 0. The van der Waals surface area contributed by atoms with Gasteiger partial charge in [0.25, 0.3) is 0 Å². The summed E-state index contributed by atoms with van der Waals surface area (Å²) in [6.45, 7) is 2.25. The van der Waals surface area contributed by atoms with Gasteiger partial charge in [0.05, 0.1) is 45.7 Å². The van der Waals surface area contributed by atoms with E-state index < -0.39 is 0 Å². The number of hydrogen-bond acceptors (Lipinski definition) is 6. The van der Waals surface area contributed by atoms with Gasteiger partial charge in [0, 0.05) is 55.6 Å². The van der Waals surface area contributed by atoms with Crippen LogP contribution in [0.1, 0.15) is 58.8 Å². The van der Waals surface area contributed by atoms with Crippen LogP contribution in [0.3, 0.4) is 0 Å². The van der Waals surface area contributed by atoms with Crippen LogP contribution >= 0.6 is 0 Å². The molecule has 8 aromatic carbocycles. The molecule has 2 aliphatic carbocycles. The number of benzene rings is 8. The largest absolute Gasteiger partial charge is 0.227 e. The van der Waals surface area contributed by atoms with Gasteiger partial charge in [-0.2, -0.15) is 10.5 Å². The van der Waals surface area contributed by atoms with Gasteiger partial charge in [-0.15, -0.1) is 0 Å². The first-order chi connectivity index (χ1) is 33.0. The van der Waals surface area contributed by atoms with Crippen LogP contribution < -0.4 is 0 Å². The Balaban J connectivity index is 1.07. The van der Waals surface area contributed by atoms with Crippen molar-refractivity contribution < 1.29 is 0 Å². The molecule has 67 heavy (non-hydrogen) atoms. The molecule has 2 aliphatic rings. The zero-order valence-electron chi connectivity index (χ0n) is 36.6. The topological polar surface area (TPSA) is 99.1 Å². The Labute approximate surface area is 388 Å². The second-order valence-electron chi connectivity index (χ2n) is 17.5. The van der Waals surface area contributed by atoms with Gasteiger partial charge in [-0.3, -0.25) is 0 Å². The zero-order valence-corrected chi connectivity index (χ0v) is 36.6. The SMILES string of the molecule is CC1c2ccccc2C=CC(C2C=C(c3nc(-c4ccccc4)c4ccc5ccccc5c4n3)C(C#N)=CC2)c2cc(C#N)c(-c3nc(-c4ccccc4)c4ccc5ccccc5c4n3)cc21. The van der Waals surface area contributed by atoms with Crippen molar-refractivity contribution in [2.24, 2.45) is 5.92 Å². The fourth-order valence-electron chi connectivity index (χ4n) is 10.4. The molecule has 0 N–H and O–H groups in total. The van der Waals surface area contributed by atoms with Crippen molar-refractivity contribution >= 4 is 55.0 Å². The summed E-state index contributed by atoms with van der Waals surface area (Å²) in [4.78, 5) is 21.2. The number of aromatic nitrogens is 4. The number of fused-ring (bicyclic) bond motifs is 8. The van der Waals surface area contributed by atoms with E-state index in [-0.39, 0.29) is 17.8 Å². The summed E-state index contributed by atoms with van der Waals surface area (Å²) in [6.07, 6.45) is 9.38. The first-order valence-corrected chi connectivity index (χ1v) is 22.7. The molecule has 3 unspecified atom stereocenters. The maximum atomic E-state index is 11.1.